The average molecular weight is 438 g/mol. The summed E-state index contributed by atoms with van der Waals surface area (Å²) in [5.41, 5.74) is 2.01. The summed E-state index contributed by atoms with van der Waals surface area (Å²) in [6, 6.07) is 15.6. The number of rotatable bonds is 10. The summed E-state index contributed by atoms with van der Waals surface area (Å²) >= 11 is 0. The van der Waals surface area contributed by atoms with E-state index in [1.54, 1.807) is 21.4 Å². The monoisotopic (exact) mass is 437 g/mol. The van der Waals surface area contributed by atoms with Crippen molar-refractivity contribution < 1.29 is 14.6 Å². The second kappa shape index (κ2) is 9.85. The molecule has 0 fully saturated rings. The SMILES string of the molecule is CCn1c(CCCc2ccc(OC(C)(C)C(=O)O)cc2)nn(Cc2ccc(C)cc2)c1=O. The summed E-state index contributed by atoms with van der Waals surface area (Å²) in [4.78, 5) is 23.9. The standard InChI is InChI=1S/C25H31N3O4/c1-5-27-22(26-28(24(27)31)17-20-11-9-18(2)10-12-20)8-6-7-19-13-15-21(16-14-19)32-25(3,4)23(29)30/h9-16H,5-8,17H2,1-4H3,(H,29,30). The maximum Gasteiger partial charge on any atom is 0.347 e. The van der Waals surface area contributed by atoms with Crippen molar-refractivity contribution in [1.29, 1.82) is 0 Å². The van der Waals surface area contributed by atoms with Gasteiger partial charge in [-0.2, -0.15) is 5.10 Å². The molecule has 0 spiro atoms. The van der Waals surface area contributed by atoms with Crippen molar-refractivity contribution in [2.24, 2.45) is 0 Å². The lowest BCUT2D eigenvalue weighted by atomic mass is 10.1. The van der Waals surface area contributed by atoms with Gasteiger partial charge in [0.05, 0.1) is 6.54 Å². The molecule has 0 aliphatic carbocycles. The normalized spacial score (nSPS) is 11.5. The van der Waals surface area contributed by atoms with E-state index in [9.17, 15) is 14.7 Å². The fraction of sp³-hybridized carbons (Fsp3) is 0.400. The van der Waals surface area contributed by atoms with Crippen LogP contribution in [0.4, 0.5) is 0 Å². The smallest absolute Gasteiger partial charge is 0.347 e. The number of benzene rings is 2. The molecule has 0 bridgehead atoms. The molecule has 1 N–H and O–H groups in total. The highest BCUT2D eigenvalue weighted by Crippen LogP contribution is 2.20. The van der Waals surface area contributed by atoms with Crippen LogP contribution in [-0.4, -0.2) is 31.0 Å². The highest BCUT2D eigenvalue weighted by molar-refractivity contribution is 5.76. The molecule has 170 valence electrons. The Morgan fingerprint density at radius 2 is 1.66 bits per heavy atom. The largest absolute Gasteiger partial charge is 0.478 e. The molecule has 7 nitrogen and oxygen atoms in total. The van der Waals surface area contributed by atoms with Crippen molar-refractivity contribution in [2.75, 3.05) is 0 Å². The van der Waals surface area contributed by atoms with Crippen LogP contribution >= 0.6 is 0 Å². The molecule has 2 aromatic carbocycles. The van der Waals surface area contributed by atoms with Gasteiger partial charge in [-0.15, -0.1) is 0 Å². The highest BCUT2D eigenvalue weighted by Gasteiger charge is 2.29. The van der Waals surface area contributed by atoms with Crippen LogP contribution in [0.2, 0.25) is 0 Å². The van der Waals surface area contributed by atoms with Crippen LogP contribution in [0.25, 0.3) is 0 Å². The first kappa shape index (κ1) is 23.3. The molecule has 0 aliphatic heterocycles. The Hall–Kier alpha value is -3.35. The predicted molar refractivity (Wildman–Crippen MR) is 123 cm³/mol. The Morgan fingerprint density at radius 3 is 2.25 bits per heavy atom. The quantitative estimate of drug-likeness (QED) is 0.521. The number of aryl methyl sites for hydroxylation is 3. The molecule has 0 radical (unpaired) electrons. The van der Waals surface area contributed by atoms with E-state index in [4.69, 9.17) is 4.74 Å². The van der Waals surface area contributed by atoms with Gasteiger partial charge in [-0.3, -0.25) is 4.57 Å². The highest BCUT2D eigenvalue weighted by atomic mass is 16.5. The second-order valence-corrected chi connectivity index (χ2v) is 8.50. The van der Waals surface area contributed by atoms with E-state index in [0.717, 1.165) is 29.8 Å². The second-order valence-electron chi connectivity index (χ2n) is 8.50. The first-order valence-corrected chi connectivity index (χ1v) is 10.9. The fourth-order valence-electron chi connectivity index (χ4n) is 3.47. The Morgan fingerprint density at radius 1 is 1.03 bits per heavy atom. The van der Waals surface area contributed by atoms with E-state index in [1.807, 2.05) is 50.2 Å². The van der Waals surface area contributed by atoms with Gasteiger partial charge >= 0.3 is 11.7 Å². The number of hydrogen-bond acceptors (Lipinski definition) is 4. The van der Waals surface area contributed by atoms with Crippen LogP contribution in [0.5, 0.6) is 5.75 Å². The first-order chi connectivity index (χ1) is 15.2. The van der Waals surface area contributed by atoms with Gasteiger partial charge in [-0.1, -0.05) is 42.0 Å². The third-order valence-electron chi connectivity index (χ3n) is 5.45. The fourth-order valence-corrected chi connectivity index (χ4v) is 3.47. The van der Waals surface area contributed by atoms with Crippen LogP contribution in [0.1, 0.15) is 49.7 Å². The topological polar surface area (TPSA) is 86.3 Å². The molecule has 3 aromatic rings. The maximum atomic E-state index is 12.7. The summed E-state index contributed by atoms with van der Waals surface area (Å²) in [6.45, 7) is 8.10. The summed E-state index contributed by atoms with van der Waals surface area (Å²) in [5, 5.41) is 13.8. The molecule has 0 unspecified atom stereocenters. The van der Waals surface area contributed by atoms with Crippen molar-refractivity contribution >= 4 is 5.97 Å². The average Bonchev–Trinajstić information content (AvgIpc) is 3.05. The van der Waals surface area contributed by atoms with Crippen LogP contribution in [0.15, 0.2) is 53.3 Å². The lowest BCUT2D eigenvalue weighted by molar-refractivity contribution is -0.152. The number of aromatic nitrogens is 3. The number of carbonyl (C=O) groups is 1. The number of aliphatic carboxylic acids is 1. The van der Waals surface area contributed by atoms with Crippen molar-refractivity contribution in [3.05, 3.63) is 81.5 Å². The Bertz CT molecular complexity index is 1110. The maximum absolute atomic E-state index is 12.7. The van der Waals surface area contributed by atoms with Gasteiger partial charge in [-0.05, 0) is 63.8 Å². The van der Waals surface area contributed by atoms with Crippen LogP contribution in [0, 0.1) is 6.92 Å². The number of nitrogens with zero attached hydrogens (tertiary/aromatic N) is 3. The Labute approximate surface area is 188 Å². The number of hydrogen-bond donors (Lipinski definition) is 1. The number of carboxylic acids is 1. The minimum Gasteiger partial charge on any atom is -0.478 e. The zero-order chi connectivity index (χ0) is 23.3. The molecule has 32 heavy (non-hydrogen) atoms. The van der Waals surface area contributed by atoms with E-state index < -0.39 is 11.6 Å². The molecule has 3 rings (SSSR count). The molecule has 1 heterocycles. The van der Waals surface area contributed by atoms with Gasteiger partial charge in [0.25, 0.3) is 0 Å². The third kappa shape index (κ3) is 5.66. The van der Waals surface area contributed by atoms with E-state index in [2.05, 4.69) is 5.10 Å². The first-order valence-electron chi connectivity index (χ1n) is 10.9. The van der Waals surface area contributed by atoms with E-state index in [-0.39, 0.29) is 5.69 Å². The van der Waals surface area contributed by atoms with Gasteiger partial charge in [0.2, 0.25) is 0 Å². The zero-order valence-electron chi connectivity index (χ0n) is 19.2. The number of ether oxygens (including phenoxy) is 1. The van der Waals surface area contributed by atoms with Gasteiger partial charge in [0, 0.05) is 13.0 Å². The molecular formula is C25H31N3O4. The molecule has 1 aromatic heterocycles. The van der Waals surface area contributed by atoms with Gasteiger partial charge < -0.3 is 9.84 Å². The van der Waals surface area contributed by atoms with Gasteiger partial charge in [-0.25, -0.2) is 14.3 Å². The number of carboxylic acid groups (broad SMARTS) is 1. The van der Waals surface area contributed by atoms with E-state index in [0.29, 0.717) is 25.3 Å². The molecule has 0 amide bonds. The van der Waals surface area contributed by atoms with Gasteiger partial charge in [0.15, 0.2) is 5.60 Å². The minimum absolute atomic E-state index is 0.0781. The zero-order valence-corrected chi connectivity index (χ0v) is 19.2. The summed E-state index contributed by atoms with van der Waals surface area (Å²) < 4.78 is 8.82. The molecule has 0 aliphatic rings. The lowest BCUT2D eigenvalue weighted by Gasteiger charge is -2.21. The summed E-state index contributed by atoms with van der Waals surface area (Å²) in [7, 11) is 0. The Balaban J connectivity index is 1.61. The summed E-state index contributed by atoms with van der Waals surface area (Å²) in [5.74, 6) is 0.314. The van der Waals surface area contributed by atoms with Crippen molar-refractivity contribution in [2.45, 2.75) is 65.6 Å². The summed E-state index contributed by atoms with van der Waals surface area (Å²) in [6.07, 6.45) is 2.38. The molecule has 0 saturated carbocycles. The van der Waals surface area contributed by atoms with Crippen molar-refractivity contribution in [3.63, 3.8) is 0 Å². The van der Waals surface area contributed by atoms with Crippen LogP contribution < -0.4 is 10.4 Å². The van der Waals surface area contributed by atoms with Crippen molar-refractivity contribution in [3.8, 4) is 5.75 Å². The third-order valence-corrected chi connectivity index (χ3v) is 5.45. The van der Waals surface area contributed by atoms with Gasteiger partial charge in [0.1, 0.15) is 11.6 Å². The lowest BCUT2D eigenvalue weighted by Crippen LogP contribution is -2.37. The molecule has 0 saturated heterocycles. The van der Waals surface area contributed by atoms with E-state index in [1.165, 1.54) is 19.4 Å². The van der Waals surface area contributed by atoms with E-state index >= 15 is 0 Å². The Kier molecular flexibility index (Phi) is 7.18. The molecular weight excluding hydrogens is 406 g/mol. The molecule has 0 atom stereocenters. The van der Waals surface area contributed by atoms with Crippen molar-refractivity contribution in [1.82, 2.24) is 14.3 Å². The molecule has 7 heteroatoms. The van der Waals surface area contributed by atoms with Crippen LogP contribution in [0.3, 0.4) is 0 Å². The minimum atomic E-state index is -1.28. The van der Waals surface area contributed by atoms with Crippen LogP contribution in [-0.2, 0) is 30.7 Å². The predicted octanol–water partition coefficient (Wildman–Crippen LogP) is 3.84.